The lowest BCUT2D eigenvalue weighted by Crippen LogP contribution is -2.32. The zero-order chi connectivity index (χ0) is 21.6. The van der Waals surface area contributed by atoms with Crippen molar-refractivity contribution in [2.45, 2.75) is 26.2 Å². The Morgan fingerprint density at radius 2 is 1.45 bits per heavy atom. The number of benzene rings is 2. The van der Waals surface area contributed by atoms with Crippen molar-refractivity contribution in [3.8, 4) is 17.2 Å². The van der Waals surface area contributed by atoms with Gasteiger partial charge < -0.3 is 24.8 Å². The van der Waals surface area contributed by atoms with Crippen LogP contribution >= 0.6 is 0 Å². The quantitative estimate of drug-likeness (QED) is 0.744. The molecule has 29 heavy (non-hydrogen) atoms. The standard InChI is InChI=1S/C22H28N2O5/c1-22(2,3)15-9-7-14(8-10-15)21(26)23-13-19(25)24-16-11-17(27-4)20(29-6)18(12-16)28-5/h7-12H,13H2,1-6H3,(H,23,26)(H,24,25). The molecule has 0 bridgehead atoms. The summed E-state index contributed by atoms with van der Waals surface area (Å²) in [5, 5.41) is 5.33. The Morgan fingerprint density at radius 3 is 1.90 bits per heavy atom. The summed E-state index contributed by atoms with van der Waals surface area (Å²) in [5.74, 6) is 0.583. The summed E-state index contributed by atoms with van der Waals surface area (Å²) in [7, 11) is 4.49. The molecule has 0 aromatic heterocycles. The van der Waals surface area contributed by atoms with E-state index in [1.54, 1.807) is 24.3 Å². The first-order valence-corrected chi connectivity index (χ1v) is 9.18. The van der Waals surface area contributed by atoms with E-state index in [1.807, 2.05) is 12.1 Å². The molecule has 0 spiro atoms. The zero-order valence-electron chi connectivity index (χ0n) is 17.7. The summed E-state index contributed by atoms with van der Waals surface area (Å²) in [6.45, 7) is 6.15. The van der Waals surface area contributed by atoms with Gasteiger partial charge in [0.05, 0.1) is 27.9 Å². The number of rotatable bonds is 7. The van der Waals surface area contributed by atoms with Gasteiger partial charge in [0, 0.05) is 23.4 Å². The highest BCUT2D eigenvalue weighted by Gasteiger charge is 2.16. The average Bonchev–Trinajstić information content (AvgIpc) is 2.70. The lowest BCUT2D eigenvalue weighted by atomic mass is 9.87. The van der Waals surface area contributed by atoms with Crippen LogP contribution in [0.25, 0.3) is 0 Å². The van der Waals surface area contributed by atoms with Crippen LogP contribution in [0.15, 0.2) is 36.4 Å². The first-order valence-electron chi connectivity index (χ1n) is 9.18. The molecule has 7 nitrogen and oxygen atoms in total. The fraction of sp³-hybridized carbons (Fsp3) is 0.364. The number of methoxy groups -OCH3 is 3. The van der Waals surface area contributed by atoms with Crippen LogP contribution in [0.3, 0.4) is 0 Å². The summed E-state index contributed by atoms with van der Waals surface area (Å²) in [4.78, 5) is 24.5. The molecule has 0 saturated carbocycles. The Morgan fingerprint density at radius 1 is 0.897 bits per heavy atom. The van der Waals surface area contributed by atoms with Gasteiger partial charge in [0.1, 0.15) is 0 Å². The van der Waals surface area contributed by atoms with Gasteiger partial charge in [-0.05, 0) is 23.1 Å². The predicted molar refractivity (Wildman–Crippen MR) is 112 cm³/mol. The van der Waals surface area contributed by atoms with E-state index >= 15 is 0 Å². The maximum Gasteiger partial charge on any atom is 0.251 e. The van der Waals surface area contributed by atoms with Crippen LogP contribution in [0, 0.1) is 0 Å². The van der Waals surface area contributed by atoms with Gasteiger partial charge in [-0.3, -0.25) is 9.59 Å². The van der Waals surface area contributed by atoms with E-state index in [0.717, 1.165) is 5.56 Å². The number of amides is 2. The summed E-state index contributed by atoms with van der Waals surface area (Å²) < 4.78 is 15.8. The van der Waals surface area contributed by atoms with Gasteiger partial charge in [0.15, 0.2) is 11.5 Å². The second kappa shape index (κ2) is 9.32. The van der Waals surface area contributed by atoms with Crippen molar-refractivity contribution < 1.29 is 23.8 Å². The molecule has 0 aliphatic heterocycles. The van der Waals surface area contributed by atoms with Crippen molar-refractivity contribution in [1.82, 2.24) is 5.32 Å². The molecule has 2 N–H and O–H groups in total. The lowest BCUT2D eigenvalue weighted by molar-refractivity contribution is -0.115. The summed E-state index contributed by atoms with van der Waals surface area (Å²) in [6.07, 6.45) is 0. The molecule has 0 heterocycles. The normalized spacial score (nSPS) is 10.8. The van der Waals surface area contributed by atoms with E-state index in [0.29, 0.717) is 28.5 Å². The van der Waals surface area contributed by atoms with Crippen LogP contribution in [0.4, 0.5) is 5.69 Å². The Kier molecular flexibility index (Phi) is 7.09. The highest BCUT2D eigenvalue weighted by atomic mass is 16.5. The fourth-order valence-corrected chi connectivity index (χ4v) is 2.74. The molecule has 2 aromatic carbocycles. The van der Waals surface area contributed by atoms with Crippen LogP contribution in [0.1, 0.15) is 36.7 Å². The molecular formula is C22H28N2O5. The van der Waals surface area contributed by atoms with Gasteiger partial charge in [-0.1, -0.05) is 32.9 Å². The Hall–Kier alpha value is -3.22. The van der Waals surface area contributed by atoms with Crippen molar-refractivity contribution >= 4 is 17.5 Å². The molecule has 0 radical (unpaired) electrons. The maximum atomic E-state index is 12.3. The molecule has 0 aliphatic carbocycles. The van der Waals surface area contributed by atoms with E-state index in [2.05, 4.69) is 31.4 Å². The number of anilines is 1. The van der Waals surface area contributed by atoms with E-state index in [9.17, 15) is 9.59 Å². The largest absolute Gasteiger partial charge is 0.493 e. The van der Waals surface area contributed by atoms with Gasteiger partial charge in [-0.2, -0.15) is 0 Å². The topological polar surface area (TPSA) is 85.9 Å². The Labute approximate surface area is 171 Å². The van der Waals surface area contributed by atoms with Crippen LogP contribution in [0.5, 0.6) is 17.2 Å². The van der Waals surface area contributed by atoms with Gasteiger partial charge in [0.2, 0.25) is 11.7 Å². The second-order valence-electron chi connectivity index (χ2n) is 7.47. The van der Waals surface area contributed by atoms with E-state index < -0.39 is 0 Å². The molecule has 156 valence electrons. The molecule has 2 aromatic rings. The highest BCUT2D eigenvalue weighted by Crippen LogP contribution is 2.39. The van der Waals surface area contributed by atoms with Crippen molar-refractivity contribution in [1.29, 1.82) is 0 Å². The van der Waals surface area contributed by atoms with E-state index in [-0.39, 0.29) is 23.8 Å². The lowest BCUT2D eigenvalue weighted by Gasteiger charge is -2.19. The molecule has 0 aliphatic rings. The average molecular weight is 400 g/mol. The molecule has 0 atom stereocenters. The number of carbonyl (C=O) groups excluding carboxylic acids is 2. The highest BCUT2D eigenvalue weighted by molar-refractivity contribution is 5.99. The number of ether oxygens (including phenoxy) is 3. The third-order valence-electron chi connectivity index (χ3n) is 4.37. The molecule has 7 heteroatoms. The SMILES string of the molecule is COc1cc(NC(=O)CNC(=O)c2ccc(C(C)(C)C)cc2)cc(OC)c1OC. The van der Waals surface area contributed by atoms with Gasteiger partial charge in [0.25, 0.3) is 5.91 Å². The van der Waals surface area contributed by atoms with Gasteiger partial charge >= 0.3 is 0 Å². The van der Waals surface area contributed by atoms with Gasteiger partial charge in [-0.25, -0.2) is 0 Å². The minimum atomic E-state index is -0.376. The molecule has 0 saturated heterocycles. The van der Waals surface area contributed by atoms with Crippen LogP contribution in [-0.2, 0) is 10.2 Å². The zero-order valence-corrected chi connectivity index (χ0v) is 17.7. The third-order valence-corrected chi connectivity index (χ3v) is 4.37. The van der Waals surface area contributed by atoms with Crippen molar-refractivity contribution in [3.63, 3.8) is 0 Å². The molecule has 0 unspecified atom stereocenters. The van der Waals surface area contributed by atoms with E-state index in [4.69, 9.17) is 14.2 Å². The van der Waals surface area contributed by atoms with Crippen LogP contribution in [-0.4, -0.2) is 39.7 Å². The summed E-state index contributed by atoms with van der Waals surface area (Å²) >= 11 is 0. The van der Waals surface area contributed by atoms with E-state index in [1.165, 1.54) is 21.3 Å². The van der Waals surface area contributed by atoms with Crippen molar-refractivity contribution in [2.75, 3.05) is 33.2 Å². The minimum Gasteiger partial charge on any atom is -0.493 e. The number of carbonyl (C=O) groups is 2. The number of nitrogens with one attached hydrogen (secondary N) is 2. The fourth-order valence-electron chi connectivity index (χ4n) is 2.74. The molecular weight excluding hydrogens is 372 g/mol. The summed E-state index contributed by atoms with van der Waals surface area (Å²) in [5.41, 5.74) is 2.11. The predicted octanol–water partition coefficient (Wildman–Crippen LogP) is 3.38. The van der Waals surface area contributed by atoms with Crippen molar-refractivity contribution in [3.05, 3.63) is 47.5 Å². The second-order valence-corrected chi connectivity index (χ2v) is 7.47. The number of hydrogen-bond acceptors (Lipinski definition) is 5. The smallest absolute Gasteiger partial charge is 0.251 e. The van der Waals surface area contributed by atoms with Crippen molar-refractivity contribution in [2.24, 2.45) is 0 Å². The summed E-state index contributed by atoms with van der Waals surface area (Å²) in [6, 6.07) is 10.6. The minimum absolute atomic E-state index is 0.00930. The van der Waals surface area contributed by atoms with Crippen LogP contribution < -0.4 is 24.8 Å². The first-order chi connectivity index (χ1) is 13.7. The monoisotopic (exact) mass is 400 g/mol. The molecule has 2 rings (SSSR count). The Balaban J connectivity index is 2.00. The number of hydrogen-bond donors (Lipinski definition) is 2. The molecule has 2 amide bonds. The third kappa shape index (κ3) is 5.63. The van der Waals surface area contributed by atoms with Crippen LogP contribution in [0.2, 0.25) is 0 Å². The maximum absolute atomic E-state index is 12.3. The molecule has 0 fully saturated rings. The first kappa shape index (κ1) is 22.1. The Bertz CT molecular complexity index is 845. The van der Waals surface area contributed by atoms with Gasteiger partial charge in [-0.15, -0.1) is 0 Å².